The van der Waals surface area contributed by atoms with Crippen LogP contribution in [0.5, 0.6) is 0 Å². The standard InChI is InChI=1S/C8H10FNO/c9-8-2-1-6(5-11)7(3-8)4-10/h1-3,11H,4-5,10H2. The van der Waals surface area contributed by atoms with E-state index in [1.165, 1.54) is 18.2 Å². The van der Waals surface area contributed by atoms with Crippen molar-refractivity contribution in [2.24, 2.45) is 5.73 Å². The molecule has 0 radical (unpaired) electrons. The van der Waals surface area contributed by atoms with Crippen LogP contribution in [0, 0.1) is 5.82 Å². The van der Waals surface area contributed by atoms with Crippen molar-refractivity contribution in [3.8, 4) is 0 Å². The van der Waals surface area contributed by atoms with Gasteiger partial charge in [0.25, 0.3) is 0 Å². The van der Waals surface area contributed by atoms with E-state index in [9.17, 15) is 4.39 Å². The van der Waals surface area contributed by atoms with Gasteiger partial charge >= 0.3 is 0 Å². The minimum atomic E-state index is -0.317. The molecule has 0 heterocycles. The Hall–Kier alpha value is -0.930. The Balaban J connectivity index is 3.06. The van der Waals surface area contributed by atoms with Crippen molar-refractivity contribution in [2.75, 3.05) is 0 Å². The van der Waals surface area contributed by atoms with Gasteiger partial charge in [-0.25, -0.2) is 4.39 Å². The van der Waals surface area contributed by atoms with Gasteiger partial charge < -0.3 is 10.8 Å². The molecule has 0 aliphatic heterocycles. The third-order valence-corrected chi connectivity index (χ3v) is 1.56. The van der Waals surface area contributed by atoms with Gasteiger partial charge in [-0.15, -0.1) is 0 Å². The minimum Gasteiger partial charge on any atom is -0.392 e. The average molecular weight is 155 g/mol. The van der Waals surface area contributed by atoms with Crippen LogP contribution in [0.4, 0.5) is 4.39 Å². The van der Waals surface area contributed by atoms with E-state index in [2.05, 4.69) is 0 Å². The Morgan fingerprint density at radius 2 is 2.09 bits per heavy atom. The van der Waals surface area contributed by atoms with Crippen molar-refractivity contribution in [1.29, 1.82) is 0 Å². The summed E-state index contributed by atoms with van der Waals surface area (Å²) in [5, 5.41) is 8.76. The van der Waals surface area contributed by atoms with Gasteiger partial charge in [0.1, 0.15) is 5.82 Å². The molecule has 3 heteroatoms. The number of nitrogens with two attached hydrogens (primary N) is 1. The quantitative estimate of drug-likeness (QED) is 0.662. The third kappa shape index (κ3) is 1.76. The molecule has 0 spiro atoms. The summed E-state index contributed by atoms with van der Waals surface area (Å²) in [6.07, 6.45) is 0. The van der Waals surface area contributed by atoms with Crippen LogP contribution in [0.25, 0.3) is 0 Å². The molecule has 0 unspecified atom stereocenters. The topological polar surface area (TPSA) is 46.2 Å². The number of hydrogen-bond donors (Lipinski definition) is 2. The molecule has 0 bridgehead atoms. The summed E-state index contributed by atoms with van der Waals surface area (Å²) >= 11 is 0. The highest BCUT2D eigenvalue weighted by Gasteiger charge is 2.00. The predicted octanol–water partition coefficient (Wildman–Crippen LogP) is 0.777. The molecule has 1 aromatic rings. The van der Waals surface area contributed by atoms with Crippen LogP contribution in [0.2, 0.25) is 0 Å². The van der Waals surface area contributed by atoms with Crippen molar-refractivity contribution in [2.45, 2.75) is 13.2 Å². The Bertz CT molecular complexity index is 250. The molecule has 3 N–H and O–H groups in total. The molecule has 1 aromatic carbocycles. The first-order valence-electron chi connectivity index (χ1n) is 3.36. The lowest BCUT2D eigenvalue weighted by molar-refractivity contribution is 0.280. The Morgan fingerprint density at radius 3 is 2.64 bits per heavy atom. The smallest absolute Gasteiger partial charge is 0.123 e. The summed E-state index contributed by atoms with van der Waals surface area (Å²) in [5.74, 6) is -0.317. The largest absolute Gasteiger partial charge is 0.392 e. The van der Waals surface area contributed by atoms with E-state index in [-0.39, 0.29) is 19.0 Å². The molecule has 1 rings (SSSR count). The molecular formula is C8H10FNO. The number of benzene rings is 1. The zero-order chi connectivity index (χ0) is 8.27. The second-order valence-corrected chi connectivity index (χ2v) is 2.28. The predicted molar refractivity (Wildman–Crippen MR) is 40.2 cm³/mol. The number of aliphatic hydroxyl groups is 1. The molecule has 0 saturated heterocycles. The minimum absolute atomic E-state index is 0.0905. The molecule has 11 heavy (non-hydrogen) atoms. The van der Waals surface area contributed by atoms with Crippen LogP contribution in [-0.2, 0) is 13.2 Å². The van der Waals surface area contributed by atoms with Crippen molar-refractivity contribution in [3.63, 3.8) is 0 Å². The zero-order valence-electron chi connectivity index (χ0n) is 6.05. The van der Waals surface area contributed by atoms with Crippen LogP contribution in [0.1, 0.15) is 11.1 Å². The number of rotatable bonds is 2. The first kappa shape index (κ1) is 8.17. The summed E-state index contributed by atoms with van der Waals surface area (Å²) in [6.45, 7) is 0.167. The van der Waals surface area contributed by atoms with E-state index in [1.807, 2.05) is 0 Å². The number of aliphatic hydroxyl groups excluding tert-OH is 1. The Morgan fingerprint density at radius 1 is 1.36 bits per heavy atom. The average Bonchev–Trinajstić information content (AvgIpc) is 2.04. The zero-order valence-corrected chi connectivity index (χ0v) is 6.05. The van der Waals surface area contributed by atoms with E-state index in [1.54, 1.807) is 0 Å². The Kier molecular flexibility index (Phi) is 2.57. The highest BCUT2D eigenvalue weighted by Crippen LogP contribution is 2.10. The second-order valence-electron chi connectivity index (χ2n) is 2.28. The van der Waals surface area contributed by atoms with Crippen molar-refractivity contribution >= 4 is 0 Å². The van der Waals surface area contributed by atoms with Gasteiger partial charge in [0.05, 0.1) is 6.61 Å². The van der Waals surface area contributed by atoms with Gasteiger partial charge in [0.15, 0.2) is 0 Å². The molecule has 0 fully saturated rings. The van der Waals surface area contributed by atoms with Crippen molar-refractivity contribution in [1.82, 2.24) is 0 Å². The van der Waals surface area contributed by atoms with E-state index >= 15 is 0 Å². The fraction of sp³-hybridized carbons (Fsp3) is 0.250. The molecule has 0 aromatic heterocycles. The maximum Gasteiger partial charge on any atom is 0.123 e. The van der Waals surface area contributed by atoms with Gasteiger partial charge in [-0.3, -0.25) is 0 Å². The van der Waals surface area contributed by atoms with E-state index in [4.69, 9.17) is 10.8 Å². The van der Waals surface area contributed by atoms with Crippen LogP contribution < -0.4 is 5.73 Å². The number of hydrogen-bond acceptors (Lipinski definition) is 2. The van der Waals surface area contributed by atoms with Crippen molar-refractivity contribution in [3.05, 3.63) is 35.1 Å². The molecule has 2 nitrogen and oxygen atoms in total. The summed E-state index contributed by atoms with van der Waals surface area (Å²) in [4.78, 5) is 0. The van der Waals surface area contributed by atoms with Gasteiger partial charge in [-0.1, -0.05) is 6.07 Å². The Labute approximate surface area is 64.5 Å². The lowest BCUT2D eigenvalue weighted by Gasteiger charge is -2.03. The normalized spacial score (nSPS) is 10.1. The van der Waals surface area contributed by atoms with Gasteiger partial charge in [0, 0.05) is 6.54 Å². The van der Waals surface area contributed by atoms with Crippen LogP contribution in [0.15, 0.2) is 18.2 Å². The molecule has 60 valence electrons. The van der Waals surface area contributed by atoms with Gasteiger partial charge in [0.2, 0.25) is 0 Å². The van der Waals surface area contributed by atoms with Gasteiger partial charge in [-0.05, 0) is 23.3 Å². The lowest BCUT2D eigenvalue weighted by Crippen LogP contribution is -2.01. The fourth-order valence-electron chi connectivity index (χ4n) is 0.939. The third-order valence-electron chi connectivity index (χ3n) is 1.56. The van der Waals surface area contributed by atoms with Crippen molar-refractivity contribution < 1.29 is 9.50 Å². The molecule has 0 aliphatic rings. The van der Waals surface area contributed by atoms with E-state index in [0.29, 0.717) is 11.1 Å². The SMILES string of the molecule is NCc1cc(F)ccc1CO. The molecule has 0 aliphatic carbocycles. The van der Waals surface area contributed by atoms with Crippen LogP contribution in [0.3, 0.4) is 0 Å². The summed E-state index contributed by atoms with van der Waals surface area (Å²) in [7, 11) is 0. The lowest BCUT2D eigenvalue weighted by atomic mass is 10.1. The molecule has 0 amide bonds. The number of halogens is 1. The first-order valence-corrected chi connectivity index (χ1v) is 3.36. The fourth-order valence-corrected chi connectivity index (χ4v) is 0.939. The molecule has 0 atom stereocenters. The molecule has 0 saturated carbocycles. The summed E-state index contributed by atoms with van der Waals surface area (Å²) < 4.78 is 12.5. The first-order chi connectivity index (χ1) is 5.27. The molecular weight excluding hydrogens is 145 g/mol. The highest BCUT2D eigenvalue weighted by atomic mass is 19.1. The van der Waals surface area contributed by atoms with E-state index < -0.39 is 0 Å². The summed E-state index contributed by atoms with van der Waals surface area (Å²) in [5.41, 5.74) is 6.67. The highest BCUT2D eigenvalue weighted by molar-refractivity contribution is 5.26. The van der Waals surface area contributed by atoms with Gasteiger partial charge in [-0.2, -0.15) is 0 Å². The van der Waals surface area contributed by atoms with Crippen LogP contribution >= 0.6 is 0 Å². The van der Waals surface area contributed by atoms with Crippen LogP contribution in [-0.4, -0.2) is 5.11 Å². The van der Waals surface area contributed by atoms with E-state index in [0.717, 1.165) is 0 Å². The monoisotopic (exact) mass is 155 g/mol. The second kappa shape index (κ2) is 3.46. The summed E-state index contributed by atoms with van der Waals surface area (Å²) in [6, 6.07) is 4.19. The maximum atomic E-state index is 12.5. The maximum absolute atomic E-state index is 12.5.